The van der Waals surface area contributed by atoms with Gasteiger partial charge in [-0.1, -0.05) is 0 Å². The van der Waals surface area contributed by atoms with E-state index in [2.05, 4.69) is 4.98 Å². The SMILES string of the molecule is Cc1[nH]c(-c2ccc(F)cc2)cc1C(=O)N1CCOCC1. The Morgan fingerprint density at radius 2 is 1.90 bits per heavy atom. The number of H-pyrrole nitrogens is 1. The highest BCUT2D eigenvalue weighted by atomic mass is 19.1. The number of benzene rings is 1. The summed E-state index contributed by atoms with van der Waals surface area (Å²) in [4.78, 5) is 17.5. The maximum absolute atomic E-state index is 13.0. The van der Waals surface area contributed by atoms with Crippen molar-refractivity contribution in [2.75, 3.05) is 26.3 Å². The zero-order valence-corrected chi connectivity index (χ0v) is 11.9. The van der Waals surface area contributed by atoms with E-state index in [1.165, 1.54) is 12.1 Å². The predicted octanol–water partition coefficient (Wildman–Crippen LogP) is 2.60. The highest BCUT2D eigenvalue weighted by Crippen LogP contribution is 2.23. The standard InChI is InChI=1S/C16H17FN2O2/c1-11-14(16(20)19-6-8-21-9-7-19)10-15(18-11)12-2-4-13(17)5-3-12/h2-5,10,18H,6-9H2,1H3. The fraction of sp³-hybridized carbons (Fsp3) is 0.312. The maximum atomic E-state index is 13.0. The van der Waals surface area contributed by atoms with Crippen molar-refractivity contribution in [2.24, 2.45) is 0 Å². The van der Waals surface area contributed by atoms with E-state index in [1.807, 2.05) is 13.0 Å². The van der Waals surface area contributed by atoms with Gasteiger partial charge in [0.25, 0.3) is 5.91 Å². The molecule has 2 aromatic rings. The fourth-order valence-corrected chi connectivity index (χ4v) is 2.50. The average molecular weight is 288 g/mol. The summed E-state index contributed by atoms with van der Waals surface area (Å²) in [6.07, 6.45) is 0. The molecule has 2 heterocycles. The Morgan fingerprint density at radius 3 is 2.57 bits per heavy atom. The van der Waals surface area contributed by atoms with Crippen LogP contribution in [-0.2, 0) is 4.74 Å². The summed E-state index contributed by atoms with van der Waals surface area (Å²) in [5.74, 6) is -0.257. The Morgan fingerprint density at radius 1 is 1.24 bits per heavy atom. The number of aromatic nitrogens is 1. The number of amides is 1. The van der Waals surface area contributed by atoms with E-state index in [1.54, 1.807) is 17.0 Å². The minimum Gasteiger partial charge on any atom is -0.378 e. The first-order valence-corrected chi connectivity index (χ1v) is 6.98. The summed E-state index contributed by atoms with van der Waals surface area (Å²) >= 11 is 0. The molecule has 4 nitrogen and oxygen atoms in total. The monoisotopic (exact) mass is 288 g/mol. The number of rotatable bonds is 2. The Kier molecular flexibility index (Phi) is 3.75. The van der Waals surface area contributed by atoms with Gasteiger partial charge in [-0.15, -0.1) is 0 Å². The zero-order chi connectivity index (χ0) is 14.8. The Balaban J connectivity index is 1.87. The van der Waals surface area contributed by atoms with Crippen LogP contribution in [0.15, 0.2) is 30.3 Å². The van der Waals surface area contributed by atoms with Gasteiger partial charge in [-0.05, 0) is 42.8 Å². The summed E-state index contributed by atoms with van der Waals surface area (Å²) in [5.41, 5.74) is 3.17. The molecule has 110 valence electrons. The van der Waals surface area contributed by atoms with Crippen molar-refractivity contribution in [1.29, 1.82) is 0 Å². The molecule has 0 radical (unpaired) electrons. The quantitative estimate of drug-likeness (QED) is 0.923. The van der Waals surface area contributed by atoms with E-state index in [9.17, 15) is 9.18 Å². The summed E-state index contributed by atoms with van der Waals surface area (Å²) in [6, 6.07) is 8.05. The van der Waals surface area contributed by atoms with Crippen LogP contribution in [0.25, 0.3) is 11.3 Å². The van der Waals surface area contributed by atoms with Gasteiger partial charge in [0.2, 0.25) is 0 Å². The lowest BCUT2D eigenvalue weighted by molar-refractivity contribution is 0.0302. The Bertz CT molecular complexity index is 643. The third-order valence-corrected chi connectivity index (χ3v) is 3.70. The largest absolute Gasteiger partial charge is 0.378 e. The van der Waals surface area contributed by atoms with Crippen molar-refractivity contribution < 1.29 is 13.9 Å². The van der Waals surface area contributed by atoms with Crippen molar-refractivity contribution in [3.63, 3.8) is 0 Å². The molecule has 0 atom stereocenters. The number of hydrogen-bond donors (Lipinski definition) is 1. The van der Waals surface area contributed by atoms with Gasteiger partial charge >= 0.3 is 0 Å². The van der Waals surface area contributed by atoms with Crippen LogP contribution < -0.4 is 0 Å². The molecule has 1 aromatic carbocycles. The lowest BCUT2D eigenvalue weighted by Gasteiger charge is -2.26. The number of carbonyl (C=O) groups is 1. The van der Waals surface area contributed by atoms with Crippen molar-refractivity contribution >= 4 is 5.91 Å². The average Bonchev–Trinajstić information content (AvgIpc) is 2.90. The van der Waals surface area contributed by atoms with E-state index in [-0.39, 0.29) is 11.7 Å². The molecule has 0 spiro atoms. The fourth-order valence-electron chi connectivity index (χ4n) is 2.50. The smallest absolute Gasteiger partial charge is 0.255 e. The molecule has 0 aliphatic carbocycles. The number of hydrogen-bond acceptors (Lipinski definition) is 2. The van der Waals surface area contributed by atoms with Crippen molar-refractivity contribution in [3.05, 3.63) is 47.4 Å². The molecule has 3 rings (SSSR count). The summed E-state index contributed by atoms with van der Waals surface area (Å²) in [5, 5.41) is 0. The van der Waals surface area contributed by atoms with E-state index in [4.69, 9.17) is 4.74 Å². The van der Waals surface area contributed by atoms with E-state index in [0.29, 0.717) is 31.9 Å². The highest BCUT2D eigenvalue weighted by Gasteiger charge is 2.21. The van der Waals surface area contributed by atoms with Crippen LogP contribution in [0, 0.1) is 12.7 Å². The van der Waals surface area contributed by atoms with Crippen molar-refractivity contribution in [2.45, 2.75) is 6.92 Å². The number of ether oxygens (including phenoxy) is 1. The van der Waals surface area contributed by atoms with Crippen LogP contribution in [0.3, 0.4) is 0 Å². The molecular weight excluding hydrogens is 271 g/mol. The minimum absolute atomic E-state index is 0.0143. The first-order valence-electron chi connectivity index (χ1n) is 6.98. The van der Waals surface area contributed by atoms with Crippen LogP contribution in [-0.4, -0.2) is 42.1 Å². The Labute approximate surface area is 122 Å². The molecule has 1 fully saturated rings. The summed E-state index contributed by atoms with van der Waals surface area (Å²) in [6.45, 7) is 4.28. The van der Waals surface area contributed by atoms with Crippen molar-refractivity contribution in [3.8, 4) is 11.3 Å². The first-order chi connectivity index (χ1) is 10.1. The number of carbonyl (C=O) groups excluding carboxylic acids is 1. The van der Waals surface area contributed by atoms with Gasteiger partial charge in [-0.25, -0.2) is 4.39 Å². The van der Waals surface area contributed by atoms with Crippen LogP contribution >= 0.6 is 0 Å². The number of nitrogens with one attached hydrogen (secondary N) is 1. The molecule has 1 amide bonds. The molecule has 1 aromatic heterocycles. The maximum Gasteiger partial charge on any atom is 0.255 e. The molecular formula is C16H17FN2O2. The van der Waals surface area contributed by atoms with E-state index in [0.717, 1.165) is 17.0 Å². The molecule has 1 aliphatic rings. The van der Waals surface area contributed by atoms with Gasteiger partial charge in [0, 0.05) is 24.5 Å². The topological polar surface area (TPSA) is 45.3 Å². The van der Waals surface area contributed by atoms with Crippen LogP contribution in [0.4, 0.5) is 4.39 Å². The second-order valence-electron chi connectivity index (χ2n) is 5.13. The van der Waals surface area contributed by atoms with Gasteiger partial charge < -0.3 is 14.6 Å². The van der Waals surface area contributed by atoms with Gasteiger partial charge in [-0.3, -0.25) is 4.79 Å². The third kappa shape index (κ3) is 2.83. The van der Waals surface area contributed by atoms with E-state index >= 15 is 0 Å². The van der Waals surface area contributed by atoms with Gasteiger partial charge in [0.15, 0.2) is 0 Å². The van der Waals surface area contributed by atoms with Gasteiger partial charge in [-0.2, -0.15) is 0 Å². The molecule has 1 aliphatic heterocycles. The summed E-state index contributed by atoms with van der Waals surface area (Å²) in [7, 11) is 0. The lowest BCUT2D eigenvalue weighted by Crippen LogP contribution is -2.40. The Hall–Kier alpha value is -2.14. The molecule has 1 N–H and O–H groups in total. The highest BCUT2D eigenvalue weighted by molar-refractivity contribution is 5.96. The molecule has 0 unspecified atom stereocenters. The van der Waals surface area contributed by atoms with Gasteiger partial charge in [0.05, 0.1) is 18.8 Å². The molecule has 5 heteroatoms. The summed E-state index contributed by atoms with van der Waals surface area (Å²) < 4.78 is 18.2. The number of aromatic amines is 1. The molecule has 0 bridgehead atoms. The predicted molar refractivity (Wildman–Crippen MR) is 77.6 cm³/mol. The van der Waals surface area contributed by atoms with Crippen LogP contribution in [0.5, 0.6) is 0 Å². The molecule has 0 saturated carbocycles. The van der Waals surface area contributed by atoms with E-state index < -0.39 is 0 Å². The van der Waals surface area contributed by atoms with Gasteiger partial charge in [0.1, 0.15) is 5.82 Å². The normalized spacial score (nSPS) is 15.2. The van der Waals surface area contributed by atoms with Crippen molar-refractivity contribution in [1.82, 2.24) is 9.88 Å². The lowest BCUT2D eigenvalue weighted by atomic mass is 10.1. The number of aryl methyl sites for hydroxylation is 1. The second kappa shape index (κ2) is 5.69. The zero-order valence-electron chi connectivity index (χ0n) is 11.9. The second-order valence-corrected chi connectivity index (χ2v) is 5.13. The number of halogens is 1. The molecule has 1 saturated heterocycles. The number of morpholine rings is 1. The van der Waals surface area contributed by atoms with Crippen LogP contribution in [0.1, 0.15) is 16.1 Å². The first kappa shape index (κ1) is 13.8. The van der Waals surface area contributed by atoms with Crippen LogP contribution in [0.2, 0.25) is 0 Å². The molecule has 21 heavy (non-hydrogen) atoms. The minimum atomic E-state index is -0.272. The number of nitrogens with zero attached hydrogens (tertiary/aromatic N) is 1. The third-order valence-electron chi connectivity index (χ3n) is 3.70.